The van der Waals surface area contributed by atoms with E-state index in [1.165, 1.54) is 16.8 Å². The van der Waals surface area contributed by atoms with Crippen molar-refractivity contribution in [2.24, 2.45) is 0 Å². The molecule has 3 nitrogen and oxygen atoms in total. The van der Waals surface area contributed by atoms with Gasteiger partial charge >= 0.3 is 0 Å². The van der Waals surface area contributed by atoms with Crippen LogP contribution >= 0.6 is 0 Å². The zero-order chi connectivity index (χ0) is 15.7. The van der Waals surface area contributed by atoms with E-state index >= 15 is 0 Å². The van der Waals surface area contributed by atoms with Crippen LogP contribution in [0.4, 0.5) is 5.69 Å². The molecule has 0 spiro atoms. The molecule has 1 aliphatic rings. The lowest BCUT2D eigenvalue weighted by Crippen LogP contribution is -2.27. The molecule has 0 N–H and O–H groups in total. The van der Waals surface area contributed by atoms with Crippen molar-refractivity contribution in [1.29, 1.82) is 0 Å². The maximum atomic E-state index is 6.37. The Bertz CT molecular complexity index is 609. The summed E-state index contributed by atoms with van der Waals surface area (Å²) in [7, 11) is 6.25. The first-order chi connectivity index (χ1) is 10.6. The number of rotatable bonds is 3. The SMILES string of the molecule is C[C@H]1[C@@H](c2ccccc2)O[C@H](c2ccc(N(C)C)cc2)N1C. The van der Waals surface area contributed by atoms with Crippen molar-refractivity contribution < 1.29 is 4.74 Å². The van der Waals surface area contributed by atoms with Gasteiger partial charge in [0.1, 0.15) is 12.3 Å². The van der Waals surface area contributed by atoms with Crippen LogP contribution in [0.15, 0.2) is 54.6 Å². The van der Waals surface area contributed by atoms with Crippen LogP contribution in [-0.2, 0) is 4.74 Å². The molecular weight excluding hydrogens is 272 g/mol. The minimum Gasteiger partial charge on any atom is -0.378 e. The summed E-state index contributed by atoms with van der Waals surface area (Å²) in [5, 5.41) is 0. The Hall–Kier alpha value is -1.84. The van der Waals surface area contributed by atoms with Gasteiger partial charge in [-0.2, -0.15) is 0 Å². The van der Waals surface area contributed by atoms with Gasteiger partial charge in [0.15, 0.2) is 0 Å². The Morgan fingerprint density at radius 3 is 2.14 bits per heavy atom. The van der Waals surface area contributed by atoms with E-state index in [4.69, 9.17) is 4.74 Å². The quantitative estimate of drug-likeness (QED) is 0.856. The minimum atomic E-state index is 0.0106. The average Bonchev–Trinajstić information content (AvgIpc) is 2.84. The molecule has 1 heterocycles. The maximum Gasteiger partial charge on any atom is 0.137 e. The summed E-state index contributed by atoms with van der Waals surface area (Å²) in [4.78, 5) is 4.42. The van der Waals surface area contributed by atoms with Crippen LogP contribution in [0.25, 0.3) is 0 Å². The van der Waals surface area contributed by atoms with Crippen LogP contribution in [-0.4, -0.2) is 32.1 Å². The molecule has 0 radical (unpaired) electrons. The number of nitrogens with zero attached hydrogens (tertiary/aromatic N) is 2. The van der Waals surface area contributed by atoms with E-state index in [1.807, 2.05) is 6.07 Å². The van der Waals surface area contributed by atoms with Gasteiger partial charge in [0.2, 0.25) is 0 Å². The van der Waals surface area contributed by atoms with E-state index < -0.39 is 0 Å². The van der Waals surface area contributed by atoms with Gasteiger partial charge < -0.3 is 9.64 Å². The number of likely N-dealkylation sites (N-methyl/N-ethyl adjacent to an activating group) is 1. The van der Waals surface area contributed by atoms with Gasteiger partial charge in [0.25, 0.3) is 0 Å². The summed E-state index contributed by atoms with van der Waals surface area (Å²) in [5.41, 5.74) is 3.66. The van der Waals surface area contributed by atoms with Gasteiger partial charge in [0.05, 0.1) is 0 Å². The molecule has 2 aromatic carbocycles. The third kappa shape index (κ3) is 2.74. The second-order valence-corrected chi connectivity index (χ2v) is 6.21. The van der Waals surface area contributed by atoms with Gasteiger partial charge in [-0.25, -0.2) is 0 Å². The monoisotopic (exact) mass is 296 g/mol. The van der Waals surface area contributed by atoms with Crippen molar-refractivity contribution in [2.45, 2.75) is 25.3 Å². The topological polar surface area (TPSA) is 15.7 Å². The smallest absolute Gasteiger partial charge is 0.137 e. The fraction of sp³-hybridized carbons (Fsp3) is 0.368. The van der Waals surface area contributed by atoms with E-state index in [9.17, 15) is 0 Å². The van der Waals surface area contributed by atoms with Crippen LogP contribution in [0.5, 0.6) is 0 Å². The molecule has 1 aliphatic heterocycles. The Morgan fingerprint density at radius 2 is 1.55 bits per heavy atom. The average molecular weight is 296 g/mol. The number of benzene rings is 2. The second-order valence-electron chi connectivity index (χ2n) is 6.21. The molecule has 0 amide bonds. The molecule has 3 atom stereocenters. The van der Waals surface area contributed by atoms with Crippen LogP contribution in [0.3, 0.4) is 0 Å². The first-order valence-corrected chi connectivity index (χ1v) is 7.77. The molecule has 3 rings (SSSR count). The Labute approximate surface area is 133 Å². The largest absolute Gasteiger partial charge is 0.378 e. The summed E-state index contributed by atoms with van der Waals surface area (Å²) in [6, 6.07) is 19.5. The van der Waals surface area contributed by atoms with Crippen molar-refractivity contribution in [2.75, 3.05) is 26.0 Å². The zero-order valence-corrected chi connectivity index (χ0v) is 13.7. The Balaban J connectivity index is 1.83. The third-order valence-corrected chi connectivity index (χ3v) is 4.55. The number of anilines is 1. The molecule has 0 bridgehead atoms. The standard InChI is InChI=1S/C19H24N2O/c1-14-18(15-8-6-5-7-9-15)22-19(21(14)4)16-10-12-17(13-11-16)20(2)3/h5-14,18-19H,1-4H3/t14-,18-,19+/m0/s1. The molecule has 1 fully saturated rings. The highest BCUT2D eigenvalue weighted by Gasteiger charge is 2.38. The lowest BCUT2D eigenvalue weighted by atomic mass is 10.0. The van der Waals surface area contributed by atoms with Gasteiger partial charge in [0, 0.05) is 25.8 Å². The van der Waals surface area contributed by atoms with E-state index in [1.54, 1.807) is 0 Å². The fourth-order valence-electron chi connectivity index (χ4n) is 3.03. The summed E-state index contributed by atoms with van der Waals surface area (Å²) in [6.07, 6.45) is 0.126. The molecule has 1 saturated heterocycles. The van der Waals surface area contributed by atoms with Crippen molar-refractivity contribution in [1.82, 2.24) is 4.90 Å². The van der Waals surface area contributed by atoms with E-state index in [2.05, 4.69) is 86.4 Å². The van der Waals surface area contributed by atoms with Gasteiger partial charge in [-0.1, -0.05) is 42.5 Å². The lowest BCUT2D eigenvalue weighted by molar-refractivity contribution is 0.00561. The summed E-state index contributed by atoms with van der Waals surface area (Å²) in [5.74, 6) is 0. The molecule has 3 heteroatoms. The van der Waals surface area contributed by atoms with Crippen molar-refractivity contribution in [3.05, 3.63) is 65.7 Å². The summed E-state index contributed by atoms with van der Waals surface area (Å²) < 4.78 is 6.37. The van der Waals surface area contributed by atoms with E-state index in [-0.39, 0.29) is 12.3 Å². The highest BCUT2D eigenvalue weighted by atomic mass is 16.5. The van der Waals surface area contributed by atoms with E-state index in [0.717, 1.165) is 0 Å². The van der Waals surface area contributed by atoms with Crippen molar-refractivity contribution >= 4 is 5.69 Å². The van der Waals surface area contributed by atoms with Crippen LogP contribution in [0.1, 0.15) is 30.4 Å². The van der Waals surface area contributed by atoms with E-state index in [0.29, 0.717) is 6.04 Å². The molecule has 22 heavy (non-hydrogen) atoms. The molecule has 0 unspecified atom stereocenters. The molecule has 0 saturated carbocycles. The number of hydrogen-bond donors (Lipinski definition) is 0. The highest BCUT2D eigenvalue weighted by molar-refractivity contribution is 5.46. The molecule has 116 valence electrons. The lowest BCUT2D eigenvalue weighted by Gasteiger charge is -2.22. The molecule has 0 aromatic heterocycles. The molecule has 0 aliphatic carbocycles. The zero-order valence-electron chi connectivity index (χ0n) is 13.7. The van der Waals surface area contributed by atoms with Gasteiger partial charge in [-0.05, 0) is 37.2 Å². The highest BCUT2D eigenvalue weighted by Crippen LogP contribution is 2.41. The van der Waals surface area contributed by atoms with Crippen molar-refractivity contribution in [3.8, 4) is 0 Å². The molecule has 2 aromatic rings. The van der Waals surface area contributed by atoms with Crippen LogP contribution < -0.4 is 4.90 Å². The fourth-order valence-corrected chi connectivity index (χ4v) is 3.03. The summed E-state index contributed by atoms with van der Waals surface area (Å²) in [6.45, 7) is 2.23. The number of hydrogen-bond acceptors (Lipinski definition) is 3. The predicted molar refractivity (Wildman–Crippen MR) is 91.0 cm³/mol. The Morgan fingerprint density at radius 1 is 0.909 bits per heavy atom. The third-order valence-electron chi connectivity index (χ3n) is 4.55. The normalized spacial score (nSPS) is 25.4. The van der Waals surface area contributed by atoms with Gasteiger partial charge in [-0.15, -0.1) is 0 Å². The first-order valence-electron chi connectivity index (χ1n) is 7.77. The second kappa shape index (κ2) is 6.11. The number of ether oxygens (including phenoxy) is 1. The predicted octanol–water partition coefficient (Wildman–Crippen LogP) is 3.84. The van der Waals surface area contributed by atoms with Gasteiger partial charge in [-0.3, -0.25) is 4.90 Å². The maximum absolute atomic E-state index is 6.37. The summed E-state index contributed by atoms with van der Waals surface area (Å²) >= 11 is 0. The van der Waals surface area contributed by atoms with Crippen molar-refractivity contribution in [3.63, 3.8) is 0 Å². The van der Waals surface area contributed by atoms with Crippen LogP contribution in [0, 0.1) is 0 Å². The molecular formula is C19H24N2O. The first kappa shape index (κ1) is 15.1. The Kier molecular flexibility index (Phi) is 4.19. The van der Waals surface area contributed by atoms with Crippen LogP contribution in [0.2, 0.25) is 0 Å². The minimum absolute atomic E-state index is 0.0106.